The second-order valence-corrected chi connectivity index (χ2v) is 9.14. The molecule has 1 aromatic heterocycles. The molecule has 2 aromatic carbocycles. The number of sulfone groups is 1. The predicted molar refractivity (Wildman–Crippen MR) is 111 cm³/mol. The van der Waals surface area contributed by atoms with E-state index in [-0.39, 0.29) is 28.7 Å². The molecular formula is C21H20F2N2O4S. The van der Waals surface area contributed by atoms with Crippen LogP contribution in [0, 0.1) is 11.6 Å². The van der Waals surface area contributed by atoms with Crippen LogP contribution in [0.15, 0.2) is 53.5 Å². The maximum absolute atomic E-state index is 14.1. The lowest BCUT2D eigenvalue weighted by Gasteiger charge is -2.15. The van der Waals surface area contributed by atoms with Gasteiger partial charge in [-0.1, -0.05) is 13.0 Å². The smallest absolute Gasteiger partial charge is 0.273 e. The molecule has 0 saturated carbocycles. The van der Waals surface area contributed by atoms with E-state index in [2.05, 4.69) is 0 Å². The molecule has 9 heteroatoms. The van der Waals surface area contributed by atoms with Gasteiger partial charge in [0, 0.05) is 36.2 Å². The van der Waals surface area contributed by atoms with Gasteiger partial charge in [0.15, 0.2) is 21.4 Å². The number of hydrogen-bond acceptors (Lipinski definition) is 5. The number of ether oxygens (including phenoxy) is 1. The highest BCUT2D eigenvalue weighted by atomic mass is 32.2. The summed E-state index contributed by atoms with van der Waals surface area (Å²) in [5.41, 5.74) is 6.76. The lowest BCUT2D eigenvalue weighted by molar-refractivity contribution is 0.439. The average molecular weight is 434 g/mol. The predicted octanol–water partition coefficient (Wildman–Crippen LogP) is 3.64. The number of nitrogen functional groups attached to an aromatic ring is 1. The molecule has 0 unspecified atom stereocenters. The fourth-order valence-corrected chi connectivity index (χ4v) is 3.79. The van der Waals surface area contributed by atoms with E-state index < -0.39 is 27.0 Å². The first kappa shape index (κ1) is 21.5. The van der Waals surface area contributed by atoms with Crippen LogP contribution in [-0.4, -0.2) is 18.7 Å². The Bertz CT molecular complexity index is 1240. The van der Waals surface area contributed by atoms with Crippen LogP contribution < -0.4 is 16.0 Å². The molecule has 3 rings (SSSR count). The third kappa shape index (κ3) is 4.68. The van der Waals surface area contributed by atoms with E-state index in [0.717, 1.165) is 12.1 Å². The number of hydrogen-bond donors (Lipinski definition) is 1. The third-order valence-corrected chi connectivity index (χ3v) is 6.16. The molecule has 158 valence electrons. The van der Waals surface area contributed by atoms with Gasteiger partial charge in [0.05, 0.1) is 11.4 Å². The summed E-state index contributed by atoms with van der Waals surface area (Å²) in [7, 11) is -1.78. The normalized spacial score (nSPS) is 11.5. The average Bonchev–Trinajstić information content (AvgIpc) is 2.68. The molecule has 0 aliphatic rings. The highest BCUT2D eigenvalue weighted by molar-refractivity contribution is 7.90. The van der Waals surface area contributed by atoms with E-state index in [1.807, 2.05) is 0 Å². The zero-order valence-corrected chi connectivity index (χ0v) is 17.2. The van der Waals surface area contributed by atoms with E-state index in [1.54, 1.807) is 19.1 Å². The van der Waals surface area contributed by atoms with Crippen molar-refractivity contribution in [2.75, 3.05) is 11.5 Å². The van der Waals surface area contributed by atoms with Crippen molar-refractivity contribution in [3.05, 3.63) is 76.2 Å². The summed E-state index contributed by atoms with van der Waals surface area (Å²) in [4.78, 5) is 11.9. The van der Waals surface area contributed by atoms with Crippen molar-refractivity contribution in [1.29, 1.82) is 0 Å². The zero-order valence-electron chi connectivity index (χ0n) is 16.4. The first-order valence-electron chi connectivity index (χ1n) is 9.02. The molecule has 0 amide bonds. The quantitative estimate of drug-likeness (QED) is 0.640. The molecule has 0 saturated heterocycles. The molecule has 0 aliphatic heterocycles. The van der Waals surface area contributed by atoms with Crippen LogP contribution >= 0.6 is 0 Å². The second kappa shape index (κ2) is 8.27. The van der Waals surface area contributed by atoms with Crippen molar-refractivity contribution >= 4 is 15.5 Å². The van der Waals surface area contributed by atoms with Crippen LogP contribution in [0.2, 0.25) is 0 Å². The van der Waals surface area contributed by atoms with Crippen LogP contribution in [0.5, 0.6) is 11.5 Å². The van der Waals surface area contributed by atoms with Crippen molar-refractivity contribution in [3.63, 3.8) is 0 Å². The number of aryl methyl sites for hydroxylation is 1. The van der Waals surface area contributed by atoms with Gasteiger partial charge in [-0.25, -0.2) is 17.2 Å². The first-order valence-corrected chi connectivity index (χ1v) is 10.8. The van der Waals surface area contributed by atoms with Crippen LogP contribution in [0.4, 0.5) is 14.5 Å². The Morgan fingerprint density at radius 2 is 1.77 bits per heavy atom. The van der Waals surface area contributed by atoms with E-state index >= 15 is 0 Å². The van der Waals surface area contributed by atoms with Gasteiger partial charge in [-0.05, 0) is 35.9 Å². The SMILES string of the molecule is CCS(=O)(=O)Cc1ccc(Oc2ccc(F)cc2F)c(-c2cc(N)c(=O)n(C)c2)c1. The number of benzene rings is 2. The fourth-order valence-electron chi connectivity index (χ4n) is 2.90. The third-order valence-electron chi connectivity index (χ3n) is 4.51. The Morgan fingerprint density at radius 3 is 2.40 bits per heavy atom. The maximum atomic E-state index is 14.1. The summed E-state index contributed by atoms with van der Waals surface area (Å²) in [6.45, 7) is 1.55. The molecular weight excluding hydrogens is 414 g/mol. The lowest BCUT2D eigenvalue weighted by Crippen LogP contribution is -2.19. The molecule has 0 aliphatic carbocycles. The minimum atomic E-state index is -3.30. The van der Waals surface area contributed by atoms with Crippen LogP contribution in [0.25, 0.3) is 11.1 Å². The Labute approximate surface area is 172 Å². The highest BCUT2D eigenvalue weighted by Crippen LogP contribution is 2.36. The van der Waals surface area contributed by atoms with Crippen LogP contribution in [-0.2, 0) is 22.6 Å². The van der Waals surface area contributed by atoms with Crippen molar-refractivity contribution in [1.82, 2.24) is 4.57 Å². The summed E-state index contributed by atoms with van der Waals surface area (Å²) >= 11 is 0. The van der Waals surface area contributed by atoms with Crippen LogP contribution in [0.1, 0.15) is 12.5 Å². The number of aromatic nitrogens is 1. The van der Waals surface area contributed by atoms with Crippen molar-refractivity contribution < 1.29 is 21.9 Å². The summed E-state index contributed by atoms with van der Waals surface area (Å²) in [6, 6.07) is 8.98. The van der Waals surface area contributed by atoms with E-state index in [1.165, 1.54) is 29.9 Å². The second-order valence-electron chi connectivity index (χ2n) is 6.78. The largest absolute Gasteiger partial charge is 0.454 e. The molecule has 0 atom stereocenters. The fraction of sp³-hybridized carbons (Fsp3) is 0.190. The summed E-state index contributed by atoms with van der Waals surface area (Å²) in [6.07, 6.45) is 1.51. The standard InChI is InChI=1S/C21H20F2N2O4S/c1-3-30(27,28)12-13-4-6-19(29-20-7-5-15(22)10-17(20)23)16(8-13)14-9-18(24)21(26)25(2)11-14/h4-11H,3,12,24H2,1-2H3. The molecule has 0 radical (unpaired) electrons. The highest BCUT2D eigenvalue weighted by Gasteiger charge is 2.16. The van der Waals surface area contributed by atoms with Gasteiger partial charge in [0.2, 0.25) is 0 Å². The molecule has 30 heavy (non-hydrogen) atoms. The molecule has 0 spiro atoms. The Morgan fingerprint density at radius 1 is 1.07 bits per heavy atom. The van der Waals surface area contributed by atoms with E-state index in [9.17, 15) is 22.0 Å². The number of halogens is 2. The van der Waals surface area contributed by atoms with Gasteiger partial charge in [-0.3, -0.25) is 4.79 Å². The van der Waals surface area contributed by atoms with Gasteiger partial charge in [0.25, 0.3) is 5.56 Å². The molecule has 6 nitrogen and oxygen atoms in total. The van der Waals surface area contributed by atoms with Gasteiger partial charge in [-0.2, -0.15) is 0 Å². The van der Waals surface area contributed by atoms with Crippen molar-refractivity contribution in [2.24, 2.45) is 7.05 Å². The van der Waals surface area contributed by atoms with Gasteiger partial charge < -0.3 is 15.0 Å². The van der Waals surface area contributed by atoms with Crippen LogP contribution in [0.3, 0.4) is 0 Å². The lowest BCUT2D eigenvalue weighted by atomic mass is 10.0. The summed E-state index contributed by atoms with van der Waals surface area (Å²) in [5.74, 6) is -1.86. The van der Waals surface area contributed by atoms with Crippen molar-refractivity contribution in [2.45, 2.75) is 12.7 Å². The van der Waals surface area contributed by atoms with Crippen molar-refractivity contribution in [3.8, 4) is 22.6 Å². The number of anilines is 1. The van der Waals surface area contributed by atoms with Gasteiger partial charge >= 0.3 is 0 Å². The summed E-state index contributed by atoms with van der Waals surface area (Å²) in [5, 5.41) is 0. The number of rotatable bonds is 6. The monoisotopic (exact) mass is 434 g/mol. The zero-order chi connectivity index (χ0) is 22.1. The Hall–Kier alpha value is -3.20. The van der Waals surface area contributed by atoms with E-state index in [4.69, 9.17) is 10.5 Å². The molecule has 1 heterocycles. The molecule has 0 bridgehead atoms. The maximum Gasteiger partial charge on any atom is 0.273 e. The topological polar surface area (TPSA) is 91.4 Å². The number of pyridine rings is 1. The molecule has 2 N–H and O–H groups in total. The Kier molecular flexibility index (Phi) is 5.93. The van der Waals surface area contributed by atoms with Gasteiger partial charge in [0.1, 0.15) is 11.6 Å². The minimum Gasteiger partial charge on any atom is -0.454 e. The molecule has 3 aromatic rings. The first-order chi connectivity index (χ1) is 14.1. The molecule has 0 fully saturated rings. The number of nitrogens with two attached hydrogens (primary N) is 1. The summed E-state index contributed by atoms with van der Waals surface area (Å²) < 4.78 is 58.3. The number of nitrogens with zero attached hydrogens (tertiary/aromatic N) is 1. The van der Waals surface area contributed by atoms with E-state index in [0.29, 0.717) is 22.8 Å². The Balaban J connectivity index is 2.15. The van der Waals surface area contributed by atoms with Gasteiger partial charge in [-0.15, -0.1) is 0 Å². The minimum absolute atomic E-state index is 0.0134.